The van der Waals surface area contributed by atoms with Crippen molar-refractivity contribution in [2.24, 2.45) is 0 Å². The van der Waals surface area contributed by atoms with Gasteiger partial charge in [-0.05, 0) is 29.8 Å². The Bertz CT molecular complexity index is 1180. The maximum absolute atomic E-state index is 12.3. The second-order valence-electron chi connectivity index (χ2n) is 6.70. The van der Waals surface area contributed by atoms with Crippen LogP contribution in [0.2, 0.25) is 0 Å². The van der Waals surface area contributed by atoms with Crippen molar-refractivity contribution in [1.82, 2.24) is 4.72 Å². The molecule has 0 bridgehead atoms. The van der Waals surface area contributed by atoms with Gasteiger partial charge in [0.25, 0.3) is 0 Å². The van der Waals surface area contributed by atoms with Crippen molar-refractivity contribution in [3.05, 3.63) is 84.1 Å². The predicted molar refractivity (Wildman–Crippen MR) is 121 cm³/mol. The number of nitrogens with one attached hydrogen (secondary N) is 2. The van der Waals surface area contributed by atoms with Gasteiger partial charge in [-0.3, -0.25) is 4.79 Å². The minimum Gasteiger partial charge on any atom is -0.460 e. The molecule has 2 aromatic carbocycles. The number of amides is 1. The number of aryl methyl sites for hydroxylation is 1. The fraction of sp³-hybridized carbons (Fsp3) is 0.174. The van der Waals surface area contributed by atoms with Gasteiger partial charge in [0.2, 0.25) is 15.9 Å². The van der Waals surface area contributed by atoms with Gasteiger partial charge in [-0.25, -0.2) is 13.1 Å². The largest absolute Gasteiger partial charge is 0.460 e. The quantitative estimate of drug-likeness (QED) is 0.397. The highest BCUT2D eigenvalue weighted by atomic mass is 32.2. The number of benzene rings is 2. The SMILES string of the molecule is C=CCNS(=O)(=O)Cc1ccc(NC(=O)/C=C/c2c(CC)oc3ccccc23)cc1. The van der Waals surface area contributed by atoms with Crippen LogP contribution >= 0.6 is 0 Å². The summed E-state index contributed by atoms with van der Waals surface area (Å²) in [4.78, 5) is 12.3. The van der Waals surface area contributed by atoms with E-state index in [0.29, 0.717) is 11.3 Å². The monoisotopic (exact) mass is 424 g/mol. The van der Waals surface area contributed by atoms with E-state index in [-0.39, 0.29) is 18.2 Å². The summed E-state index contributed by atoms with van der Waals surface area (Å²) in [5.41, 5.74) is 2.90. The van der Waals surface area contributed by atoms with Crippen molar-refractivity contribution in [2.75, 3.05) is 11.9 Å². The molecule has 156 valence electrons. The van der Waals surface area contributed by atoms with E-state index in [9.17, 15) is 13.2 Å². The van der Waals surface area contributed by atoms with Crippen LogP contribution in [0.3, 0.4) is 0 Å². The molecule has 0 aliphatic carbocycles. The maximum atomic E-state index is 12.3. The van der Waals surface area contributed by atoms with E-state index >= 15 is 0 Å². The Morgan fingerprint density at radius 1 is 1.13 bits per heavy atom. The van der Waals surface area contributed by atoms with E-state index in [4.69, 9.17) is 4.42 Å². The lowest BCUT2D eigenvalue weighted by atomic mass is 10.1. The number of furan rings is 1. The number of hydrogen-bond donors (Lipinski definition) is 2. The molecule has 6 nitrogen and oxygen atoms in total. The third kappa shape index (κ3) is 5.46. The second kappa shape index (κ2) is 9.56. The fourth-order valence-corrected chi connectivity index (χ4v) is 4.15. The molecule has 0 saturated carbocycles. The van der Waals surface area contributed by atoms with Gasteiger partial charge in [-0.1, -0.05) is 43.3 Å². The first-order valence-corrected chi connectivity index (χ1v) is 11.2. The number of anilines is 1. The van der Waals surface area contributed by atoms with E-state index in [1.54, 1.807) is 30.3 Å². The van der Waals surface area contributed by atoms with Crippen molar-refractivity contribution in [3.63, 3.8) is 0 Å². The highest BCUT2D eigenvalue weighted by Gasteiger charge is 2.11. The minimum absolute atomic E-state index is 0.137. The van der Waals surface area contributed by atoms with Gasteiger partial charge in [0.1, 0.15) is 11.3 Å². The molecule has 3 aromatic rings. The van der Waals surface area contributed by atoms with E-state index in [0.717, 1.165) is 28.7 Å². The predicted octanol–water partition coefficient (Wildman–Crippen LogP) is 4.25. The first kappa shape index (κ1) is 21.5. The maximum Gasteiger partial charge on any atom is 0.248 e. The lowest BCUT2D eigenvalue weighted by Crippen LogP contribution is -2.25. The number of carbonyl (C=O) groups excluding carboxylic acids is 1. The molecule has 30 heavy (non-hydrogen) atoms. The summed E-state index contributed by atoms with van der Waals surface area (Å²) < 4.78 is 32.1. The summed E-state index contributed by atoms with van der Waals surface area (Å²) in [7, 11) is -3.42. The Kier molecular flexibility index (Phi) is 6.87. The lowest BCUT2D eigenvalue weighted by molar-refractivity contribution is -0.111. The molecule has 1 aromatic heterocycles. The smallest absolute Gasteiger partial charge is 0.248 e. The summed E-state index contributed by atoms with van der Waals surface area (Å²) in [6.45, 7) is 5.68. The molecule has 1 heterocycles. The Morgan fingerprint density at radius 2 is 1.87 bits per heavy atom. The average Bonchev–Trinajstić information content (AvgIpc) is 3.10. The van der Waals surface area contributed by atoms with Gasteiger partial charge in [0, 0.05) is 35.7 Å². The van der Waals surface area contributed by atoms with E-state index in [1.807, 2.05) is 31.2 Å². The van der Waals surface area contributed by atoms with Crippen molar-refractivity contribution >= 4 is 38.7 Å². The Balaban J connectivity index is 1.66. The summed E-state index contributed by atoms with van der Waals surface area (Å²) in [5, 5.41) is 3.75. The highest BCUT2D eigenvalue weighted by Crippen LogP contribution is 2.27. The van der Waals surface area contributed by atoms with E-state index < -0.39 is 10.0 Å². The lowest BCUT2D eigenvalue weighted by Gasteiger charge is -2.06. The molecule has 0 unspecified atom stereocenters. The molecular weight excluding hydrogens is 400 g/mol. The van der Waals surface area contributed by atoms with Gasteiger partial charge < -0.3 is 9.73 Å². The molecular formula is C23H24N2O4S. The molecule has 0 spiro atoms. The van der Waals surface area contributed by atoms with E-state index in [2.05, 4.69) is 16.6 Å². The number of carbonyl (C=O) groups is 1. The van der Waals surface area contributed by atoms with E-state index in [1.165, 1.54) is 12.2 Å². The topological polar surface area (TPSA) is 88.4 Å². The fourth-order valence-electron chi connectivity index (χ4n) is 3.04. The Morgan fingerprint density at radius 3 is 2.57 bits per heavy atom. The van der Waals surface area contributed by atoms with Crippen molar-refractivity contribution in [2.45, 2.75) is 19.1 Å². The summed E-state index contributed by atoms with van der Waals surface area (Å²) in [6.07, 6.45) is 5.43. The number of para-hydroxylation sites is 1. The number of fused-ring (bicyclic) bond motifs is 1. The zero-order valence-electron chi connectivity index (χ0n) is 16.7. The number of hydrogen-bond acceptors (Lipinski definition) is 4. The molecule has 0 fully saturated rings. The molecule has 0 atom stereocenters. The van der Waals surface area contributed by atoms with Crippen LogP contribution in [-0.2, 0) is 27.0 Å². The number of rotatable bonds is 9. The summed E-state index contributed by atoms with van der Waals surface area (Å²) in [6, 6.07) is 14.4. The third-order valence-corrected chi connectivity index (χ3v) is 5.78. The van der Waals surface area contributed by atoms with Gasteiger partial charge >= 0.3 is 0 Å². The normalized spacial score (nSPS) is 11.8. The molecule has 0 aliphatic rings. The molecule has 7 heteroatoms. The van der Waals surface area contributed by atoms with Crippen LogP contribution in [-0.4, -0.2) is 20.9 Å². The summed E-state index contributed by atoms with van der Waals surface area (Å²) in [5.74, 6) is 0.411. The first-order valence-electron chi connectivity index (χ1n) is 9.58. The molecule has 2 N–H and O–H groups in total. The van der Waals surface area contributed by atoms with Crippen molar-refractivity contribution < 1.29 is 17.6 Å². The third-order valence-electron chi connectivity index (χ3n) is 4.46. The molecule has 1 amide bonds. The van der Waals surface area contributed by atoms with Crippen LogP contribution in [0.15, 0.2) is 71.7 Å². The molecule has 0 aliphatic heterocycles. The van der Waals surface area contributed by atoms with Gasteiger partial charge in [0.15, 0.2) is 0 Å². The van der Waals surface area contributed by atoms with Crippen LogP contribution in [0, 0.1) is 0 Å². The average molecular weight is 425 g/mol. The molecule has 0 radical (unpaired) electrons. The van der Waals surface area contributed by atoms with Gasteiger partial charge in [0.05, 0.1) is 5.75 Å². The van der Waals surface area contributed by atoms with Crippen LogP contribution in [0.1, 0.15) is 23.8 Å². The van der Waals surface area contributed by atoms with Crippen molar-refractivity contribution in [1.29, 1.82) is 0 Å². The minimum atomic E-state index is -3.42. The zero-order chi connectivity index (χ0) is 21.6. The Hall–Kier alpha value is -3.16. The number of sulfonamides is 1. The second-order valence-corrected chi connectivity index (χ2v) is 8.51. The zero-order valence-corrected chi connectivity index (χ0v) is 17.5. The van der Waals surface area contributed by atoms with Crippen LogP contribution in [0.5, 0.6) is 0 Å². The van der Waals surface area contributed by atoms with Crippen LogP contribution in [0.4, 0.5) is 5.69 Å². The molecule has 3 rings (SSSR count). The standard InChI is InChI=1S/C23H24N2O4S/c1-3-15-24-30(27,28)16-17-9-11-18(12-10-17)25-23(26)14-13-20-19-7-5-6-8-22(19)29-21(20)4-2/h3,5-14,24H,1,4,15-16H2,2H3,(H,25,26)/b14-13+. The van der Waals surface area contributed by atoms with Gasteiger partial charge in [-0.15, -0.1) is 6.58 Å². The summed E-state index contributed by atoms with van der Waals surface area (Å²) >= 11 is 0. The Labute approximate surface area is 176 Å². The van der Waals surface area contributed by atoms with Crippen molar-refractivity contribution in [3.8, 4) is 0 Å². The molecule has 0 saturated heterocycles. The van der Waals surface area contributed by atoms with Crippen LogP contribution < -0.4 is 10.0 Å². The van der Waals surface area contributed by atoms with Gasteiger partial charge in [-0.2, -0.15) is 0 Å². The highest BCUT2D eigenvalue weighted by molar-refractivity contribution is 7.88. The first-order chi connectivity index (χ1) is 14.4. The van der Waals surface area contributed by atoms with Crippen LogP contribution in [0.25, 0.3) is 17.0 Å².